The number of hydrogen-bond acceptors (Lipinski definition) is 4. The first-order chi connectivity index (χ1) is 8.36. The minimum atomic E-state index is 0.508. The van der Waals surface area contributed by atoms with Gasteiger partial charge in [0.2, 0.25) is 0 Å². The summed E-state index contributed by atoms with van der Waals surface area (Å²) in [5.74, 6) is 0.955. The van der Waals surface area contributed by atoms with E-state index in [9.17, 15) is 4.79 Å². The molecule has 5 nitrogen and oxygen atoms in total. The van der Waals surface area contributed by atoms with Crippen molar-refractivity contribution in [1.29, 1.82) is 0 Å². The largest absolute Gasteiger partial charge is 0.314 e. The number of rotatable bonds is 3. The lowest BCUT2D eigenvalue weighted by molar-refractivity contribution is 0.112. The second-order valence-corrected chi connectivity index (χ2v) is 4.42. The van der Waals surface area contributed by atoms with Gasteiger partial charge in [-0.2, -0.15) is 0 Å². The first-order valence-electron chi connectivity index (χ1n) is 5.89. The Bertz CT molecular complexity index is 542. The normalized spacial score (nSPS) is 19.9. The van der Waals surface area contributed by atoms with Crippen LogP contribution in [0, 0.1) is 0 Å². The number of nitrogens with zero attached hydrogens (tertiary/aromatic N) is 3. The third-order valence-corrected chi connectivity index (χ3v) is 3.23. The number of aldehydes is 1. The number of hydrogen-bond donors (Lipinski definition) is 1. The number of nitrogens with one attached hydrogen (secondary N) is 1. The maximum absolute atomic E-state index is 10.7. The van der Waals surface area contributed by atoms with Crippen molar-refractivity contribution in [1.82, 2.24) is 19.9 Å². The molecule has 0 spiro atoms. The van der Waals surface area contributed by atoms with Crippen LogP contribution in [0.2, 0.25) is 0 Å². The fourth-order valence-electron chi connectivity index (χ4n) is 2.32. The Morgan fingerprint density at radius 2 is 2.47 bits per heavy atom. The first-order valence-corrected chi connectivity index (χ1v) is 5.89. The van der Waals surface area contributed by atoms with Crippen LogP contribution in [0.5, 0.6) is 0 Å². The summed E-state index contributed by atoms with van der Waals surface area (Å²) in [6.45, 7) is 1.09. The van der Waals surface area contributed by atoms with E-state index in [1.54, 1.807) is 12.1 Å². The standard InChI is InChI=1S/C12H14N4O/c17-8-9-3-5-16-11(6-9)14-15-12(16)7-10-2-1-4-13-10/h3,5-6,8,10,13H,1-2,4,7H2. The van der Waals surface area contributed by atoms with Gasteiger partial charge in [-0.25, -0.2) is 0 Å². The smallest absolute Gasteiger partial charge is 0.161 e. The molecule has 1 saturated heterocycles. The third-order valence-electron chi connectivity index (χ3n) is 3.23. The van der Waals surface area contributed by atoms with Gasteiger partial charge in [0.1, 0.15) is 12.1 Å². The molecule has 3 rings (SSSR count). The molecular weight excluding hydrogens is 216 g/mol. The molecule has 1 aliphatic rings. The molecule has 0 bridgehead atoms. The Balaban J connectivity index is 1.91. The van der Waals surface area contributed by atoms with E-state index in [0.717, 1.165) is 30.7 Å². The molecule has 1 aliphatic heterocycles. The number of aromatic nitrogens is 3. The first kappa shape index (κ1) is 10.4. The maximum Gasteiger partial charge on any atom is 0.161 e. The summed E-state index contributed by atoms with van der Waals surface area (Å²) >= 11 is 0. The van der Waals surface area contributed by atoms with Crippen molar-refractivity contribution >= 4 is 11.9 Å². The van der Waals surface area contributed by atoms with Crippen molar-refractivity contribution in [2.24, 2.45) is 0 Å². The Morgan fingerprint density at radius 1 is 1.53 bits per heavy atom. The molecule has 0 saturated carbocycles. The van der Waals surface area contributed by atoms with E-state index in [1.807, 2.05) is 10.6 Å². The topological polar surface area (TPSA) is 59.3 Å². The molecule has 1 N–H and O–H groups in total. The summed E-state index contributed by atoms with van der Waals surface area (Å²) in [4.78, 5) is 10.7. The lowest BCUT2D eigenvalue weighted by Crippen LogP contribution is -2.24. The quantitative estimate of drug-likeness (QED) is 0.794. The van der Waals surface area contributed by atoms with Crippen LogP contribution < -0.4 is 5.32 Å². The number of pyridine rings is 1. The van der Waals surface area contributed by atoms with Crippen molar-refractivity contribution in [2.45, 2.75) is 25.3 Å². The van der Waals surface area contributed by atoms with Crippen LogP contribution in [-0.4, -0.2) is 33.5 Å². The Morgan fingerprint density at radius 3 is 3.24 bits per heavy atom. The molecule has 3 heterocycles. The van der Waals surface area contributed by atoms with Crippen molar-refractivity contribution < 1.29 is 4.79 Å². The van der Waals surface area contributed by atoms with Gasteiger partial charge >= 0.3 is 0 Å². The van der Waals surface area contributed by atoms with Crippen LogP contribution in [0.15, 0.2) is 18.3 Å². The zero-order valence-corrected chi connectivity index (χ0v) is 9.47. The van der Waals surface area contributed by atoms with E-state index < -0.39 is 0 Å². The lowest BCUT2D eigenvalue weighted by atomic mass is 10.1. The molecule has 0 aliphatic carbocycles. The molecule has 1 unspecified atom stereocenters. The van der Waals surface area contributed by atoms with E-state index in [4.69, 9.17) is 0 Å². The molecule has 0 amide bonds. The second kappa shape index (κ2) is 4.25. The van der Waals surface area contributed by atoms with Crippen molar-refractivity contribution in [3.63, 3.8) is 0 Å². The molecule has 17 heavy (non-hydrogen) atoms. The van der Waals surface area contributed by atoms with E-state index in [0.29, 0.717) is 11.6 Å². The summed E-state index contributed by atoms with van der Waals surface area (Å²) in [5.41, 5.74) is 1.37. The number of carbonyl (C=O) groups is 1. The zero-order chi connectivity index (χ0) is 11.7. The summed E-state index contributed by atoms with van der Waals surface area (Å²) in [6, 6.07) is 4.05. The highest BCUT2D eigenvalue weighted by Crippen LogP contribution is 2.12. The van der Waals surface area contributed by atoms with Gasteiger partial charge in [0.15, 0.2) is 5.65 Å². The van der Waals surface area contributed by atoms with E-state index >= 15 is 0 Å². The Hall–Kier alpha value is -1.75. The molecule has 0 radical (unpaired) electrons. The zero-order valence-electron chi connectivity index (χ0n) is 9.47. The summed E-state index contributed by atoms with van der Waals surface area (Å²) in [7, 11) is 0. The average molecular weight is 230 g/mol. The predicted molar refractivity (Wildman–Crippen MR) is 63.1 cm³/mol. The molecule has 5 heteroatoms. The van der Waals surface area contributed by atoms with Crippen LogP contribution >= 0.6 is 0 Å². The summed E-state index contributed by atoms with van der Waals surface area (Å²) in [5, 5.41) is 11.7. The predicted octanol–water partition coefficient (Wildman–Crippen LogP) is 0.836. The van der Waals surface area contributed by atoms with Crippen LogP contribution in [0.25, 0.3) is 5.65 Å². The third kappa shape index (κ3) is 1.93. The molecule has 1 atom stereocenters. The molecule has 88 valence electrons. The van der Waals surface area contributed by atoms with Gasteiger partial charge in [-0.3, -0.25) is 9.20 Å². The molecule has 2 aromatic rings. The lowest BCUT2D eigenvalue weighted by Gasteiger charge is -2.07. The SMILES string of the molecule is O=Cc1ccn2c(CC3CCCN3)nnc2c1. The van der Waals surface area contributed by atoms with E-state index in [2.05, 4.69) is 15.5 Å². The number of carbonyl (C=O) groups excluding carboxylic acids is 1. The molecule has 2 aromatic heterocycles. The van der Waals surface area contributed by atoms with Gasteiger partial charge < -0.3 is 5.32 Å². The van der Waals surface area contributed by atoms with Gasteiger partial charge in [-0.05, 0) is 31.5 Å². The number of fused-ring (bicyclic) bond motifs is 1. The Kier molecular flexibility index (Phi) is 2.60. The Labute approximate surface area is 98.9 Å². The fourth-order valence-corrected chi connectivity index (χ4v) is 2.32. The van der Waals surface area contributed by atoms with Crippen molar-refractivity contribution in [3.8, 4) is 0 Å². The minimum absolute atomic E-state index is 0.508. The van der Waals surface area contributed by atoms with Gasteiger partial charge in [-0.1, -0.05) is 0 Å². The van der Waals surface area contributed by atoms with Crippen LogP contribution in [0.1, 0.15) is 29.0 Å². The average Bonchev–Trinajstić information content (AvgIpc) is 2.99. The van der Waals surface area contributed by atoms with Crippen LogP contribution in [-0.2, 0) is 6.42 Å². The fraction of sp³-hybridized carbons (Fsp3) is 0.417. The highest BCUT2D eigenvalue weighted by Gasteiger charge is 2.17. The summed E-state index contributed by atoms with van der Waals surface area (Å²) < 4.78 is 1.95. The van der Waals surface area contributed by atoms with Gasteiger partial charge in [0.25, 0.3) is 0 Å². The van der Waals surface area contributed by atoms with Crippen LogP contribution in [0.3, 0.4) is 0 Å². The molecule has 1 fully saturated rings. The second-order valence-electron chi connectivity index (χ2n) is 4.42. The van der Waals surface area contributed by atoms with E-state index in [1.165, 1.54) is 12.8 Å². The summed E-state index contributed by atoms with van der Waals surface area (Å²) in [6.07, 6.45) is 6.01. The van der Waals surface area contributed by atoms with Crippen LogP contribution in [0.4, 0.5) is 0 Å². The van der Waals surface area contributed by atoms with E-state index in [-0.39, 0.29) is 0 Å². The molecule has 0 aromatic carbocycles. The van der Waals surface area contributed by atoms with Crippen molar-refractivity contribution in [3.05, 3.63) is 29.7 Å². The molecular formula is C12H14N4O. The maximum atomic E-state index is 10.7. The van der Waals surface area contributed by atoms with Gasteiger partial charge in [0, 0.05) is 24.2 Å². The van der Waals surface area contributed by atoms with Crippen molar-refractivity contribution in [2.75, 3.05) is 6.54 Å². The highest BCUT2D eigenvalue weighted by atomic mass is 16.1. The highest BCUT2D eigenvalue weighted by molar-refractivity contribution is 5.76. The van der Waals surface area contributed by atoms with Gasteiger partial charge in [0.05, 0.1) is 0 Å². The monoisotopic (exact) mass is 230 g/mol. The minimum Gasteiger partial charge on any atom is -0.314 e. The van der Waals surface area contributed by atoms with Gasteiger partial charge in [-0.15, -0.1) is 10.2 Å².